The fraction of sp³-hybridized carbons (Fsp3) is 0.308. The van der Waals surface area contributed by atoms with Gasteiger partial charge in [-0.1, -0.05) is 91.0 Å². The van der Waals surface area contributed by atoms with E-state index < -0.39 is 12.7 Å². The largest absolute Gasteiger partial charge is 0.374 e. The molecule has 1 heterocycles. The Morgan fingerprint density at radius 1 is 0.700 bits per heavy atom. The molecule has 1 fully saturated rings. The molecule has 0 radical (unpaired) electrons. The Labute approximate surface area is 179 Å². The van der Waals surface area contributed by atoms with Crippen LogP contribution in [0.5, 0.6) is 0 Å². The molecule has 156 valence electrons. The molecule has 0 spiro atoms. The molecule has 4 heteroatoms. The van der Waals surface area contributed by atoms with E-state index in [0.29, 0.717) is 26.4 Å². The van der Waals surface area contributed by atoms with E-state index in [0.717, 1.165) is 16.7 Å². The lowest BCUT2D eigenvalue weighted by Crippen LogP contribution is -2.37. The fourth-order valence-corrected chi connectivity index (χ4v) is 3.42. The van der Waals surface area contributed by atoms with E-state index >= 15 is 0 Å². The van der Waals surface area contributed by atoms with Crippen molar-refractivity contribution in [1.82, 2.24) is 0 Å². The van der Waals surface area contributed by atoms with Crippen molar-refractivity contribution in [3.63, 3.8) is 0 Å². The molecule has 0 N–H and O–H groups in total. The number of benzene rings is 3. The molecule has 1 aliphatic rings. The van der Waals surface area contributed by atoms with Gasteiger partial charge in [0.1, 0.15) is 18.3 Å². The molecule has 4 rings (SSSR count). The predicted molar refractivity (Wildman–Crippen MR) is 116 cm³/mol. The van der Waals surface area contributed by atoms with Crippen molar-refractivity contribution in [1.29, 1.82) is 0 Å². The first-order valence-electron chi connectivity index (χ1n) is 10.9. The molecule has 1 aliphatic heterocycles. The SMILES string of the molecule is [2H]C1O[C@H](COCc2ccccc2)[C@@H](OCc2ccccc2)[C@H]1OCc1ccccc1. The van der Waals surface area contributed by atoms with Crippen molar-refractivity contribution in [2.45, 2.75) is 38.1 Å². The Balaban J connectivity index is 1.39. The Hall–Kier alpha value is -2.50. The highest BCUT2D eigenvalue weighted by Gasteiger charge is 2.39. The second-order valence-electron chi connectivity index (χ2n) is 7.33. The summed E-state index contributed by atoms with van der Waals surface area (Å²) >= 11 is 0. The van der Waals surface area contributed by atoms with E-state index in [4.69, 9.17) is 20.3 Å². The van der Waals surface area contributed by atoms with Crippen LogP contribution in [0.3, 0.4) is 0 Å². The van der Waals surface area contributed by atoms with Gasteiger partial charge in [0.2, 0.25) is 0 Å². The van der Waals surface area contributed by atoms with Crippen molar-refractivity contribution < 1.29 is 20.3 Å². The van der Waals surface area contributed by atoms with Crippen LogP contribution in [0.2, 0.25) is 0 Å². The van der Waals surface area contributed by atoms with Crippen LogP contribution >= 0.6 is 0 Å². The summed E-state index contributed by atoms with van der Waals surface area (Å²) in [5, 5.41) is 0. The first kappa shape index (κ1) is 19.5. The second kappa shape index (κ2) is 11.0. The Kier molecular flexibility index (Phi) is 7.16. The first-order valence-corrected chi connectivity index (χ1v) is 10.3. The van der Waals surface area contributed by atoms with Gasteiger partial charge >= 0.3 is 0 Å². The van der Waals surface area contributed by atoms with Crippen LogP contribution in [-0.2, 0) is 38.8 Å². The lowest BCUT2D eigenvalue weighted by molar-refractivity contribution is -0.0895. The highest BCUT2D eigenvalue weighted by atomic mass is 16.6. The highest BCUT2D eigenvalue weighted by molar-refractivity contribution is 5.15. The predicted octanol–water partition coefficient (Wildman–Crippen LogP) is 4.77. The van der Waals surface area contributed by atoms with E-state index in [9.17, 15) is 0 Å². The first-order chi connectivity index (χ1) is 15.3. The van der Waals surface area contributed by atoms with Gasteiger partial charge in [-0.05, 0) is 16.7 Å². The minimum atomic E-state index is -0.824. The molecule has 0 saturated carbocycles. The van der Waals surface area contributed by atoms with Gasteiger partial charge in [0.15, 0.2) is 0 Å². The zero-order valence-electron chi connectivity index (χ0n) is 17.9. The molecule has 30 heavy (non-hydrogen) atoms. The number of hydrogen-bond donors (Lipinski definition) is 0. The number of ether oxygens (including phenoxy) is 4. The molecular weight excluding hydrogens is 376 g/mol. The summed E-state index contributed by atoms with van der Waals surface area (Å²) in [7, 11) is 0. The van der Waals surface area contributed by atoms with Gasteiger partial charge in [-0.2, -0.15) is 0 Å². The summed E-state index contributed by atoms with van der Waals surface area (Å²) in [5.41, 5.74) is 3.23. The average Bonchev–Trinajstić information content (AvgIpc) is 3.12. The number of rotatable bonds is 10. The summed E-state index contributed by atoms with van der Waals surface area (Å²) in [4.78, 5) is 0. The minimum Gasteiger partial charge on any atom is -0.374 e. The normalized spacial score (nSPS) is 23.9. The lowest BCUT2D eigenvalue weighted by Gasteiger charge is -2.24. The van der Waals surface area contributed by atoms with Gasteiger partial charge in [-0.15, -0.1) is 0 Å². The smallest absolute Gasteiger partial charge is 0.115 e. The van der Waals surface area contributed by atoms with E-state index in [1.165, 1.54) is 0 Å². The van der Waals surface area contributed by atoms with Crippen molar-refractivity contribution in [3.05, 3.63) is 108 Å². The zero-order valence-corrected chi connectivity index (χ0v) is 16.9. The van der Waals surface area contributed by atoms with Gasteiger partial charge in [0.25, 0.3) is 0 Å². The Morgan fingerprint density at radius 3 is 1.77 bits per heavy atom. The van der Waals surface area contributed by atoms with Crippen LogP contribution in [0.4, 0.5) is 0 Å². The molecular formula is C26H28O4. The molecule has 1 saturated heterocycles. The molecule has 0 bridgehead atoms. The van der Waals surface area contributed by atoms with Crippen LogP contribution < -0.4 is 0 Å². The van der Waals surface area contributed by atoms with E-state index in [2.05, 4.69) is 0 Å². The van der Waals surface area contributed by atoms with Crippen LogP contribution in [0.15, 0.2) is 91.0 Å². The molecule has 0 amide bonds. The third kappa shape index (κ3) is 6.00. The quantitative estimate of drug-likeness (QED) is 0.487. The van der Waals surface area contributed by atoms with Crippen LogP contribution in [0.1, 0.15) is 18.1 Å². The minimum absolute atomic E-state index is 0.342. The van der Waals surface area contributed by atoms with E-state index in [1.807, 2.05) is 91.0 Å². The van der Waals surface area contributed by atoms with E-state index in [1.54, 1.807) is 0 Å². The fourth-order valence-electron chi connectivity index (χ4n) is 3.42. The summed E-state index contributed by atoms with van der Waals surface area (Å²) in [6.45, 7) is 0.851. The maximum absolute atomic E-state index is 8.42. The Bertz CT molecular complexity index is 891. The standard InChI is InChI=1S/C26H28O4/c1-4-10-21(11-5-1)16-27-19-24-26(30-18-23-14-8-3-9-15-23)25(20-29-24)28-17-22-12-6-2-7-13-22/h1-15,24-26H,16-20H2/t24-,25+,26-/m1/s1/i20D/t20?,24-,25+,26-. The molecule has 0 aromatic heterocycles. The number of hydrogen-bond acceptors (Lipinski definition) is 4. The van der Waals surface area contributed by atoms with Crippen LogP contribution in [0, 0.1) is 0 Å². The van der Waals surface area contributed by atoms with Gasteiger partial charge < -0.3 is 18.9 Å². The van der Waals surface area contributed by atoms with Gasteiger partial charge in [-0.3, -0.25) is 0 Å². The Morgan fingerprint density at radius 2 is 1.20 bits per heavy atom. The molecule has 3 aromatic carbocycles. The van der Waals surface area contributed by atoms with Crippen molar-refractivity contribution in [2.75, 3.05) is 13.2 Å². The zero-order chi connectivity index (χ0) is 21.3. The monoisotopic (exact) mass is 405 g/mol. The van der Waals surface area contributed by atoms with Gasteiger partial charge in [-0.25, -0.2) is 0 Å². The third-order valence-corrected chi connectivity index (χ3v) is 5.04. The average molecular weight is 406 g/mol. The second-order valence-corrected chi connectivity index (χ2v) is 7.33. The van der Waals surface area contributed by atoms with E-state index in [-0.39, 0.29) is 12.2 Å². The lowest BCUT2D eigenvalue weighted by atomic mass is 10.1. The van der Waals surface area contributed by atoms with Crippen LogP contribution in [0.25, 0.3) is 0 Å². The topological polar surface area (TPSA) is 36.9 Å². The molecule has 4 nitrogen and oxygen atoms in total. The summed E-state index contributed by atoms with van der Waals surface area (Å²) in [5.74, 6) is 0. The molecule has 4 atom stereocenters. The third-order valence-electron chi connectivity index (χ3n) is 5.04. The summed E-state index contributed by atoms with van der Waals surface area (Å²) in [6, 6.07) is 30.0. The van der Waals surface area contributed by atoms with Crippen molar-refractivity contribution in [3.8, 4) is 0 Å². The molecule has 1 unspecified atom stereocenters. The van der Waals surface area contributed by atoms with Crippen molar-refractivity contribution in [2.24, 2.45) is 0 Å². The molecule has 0 aliphatic carbocycles. The van der Waals surface area contributed by atoms with Crippen LogP contribution in [-0.4, -0.2) is 31.5 Å². The molecule has 3 aromatic rings. The van der Waals surface area contributed by atoms with Crippen molar-refractivity contribution >= 4 is 0 Å². The highest BCUT2D eigenvalue weighted by Crippen LogP contribution is 2.24. The van der Waals surface area contributed by atoms with Gasteiger partial charge in [0, 0.05) is 0 Å². The maximum atomic E-state index is 8.42. The van der Waals surface area contributed by atoms with Gasteiger partial charge in [0.05, 0.1) is 34.4 Å². The maximum Gasteiger partial charge on any atom is 0.115 e. The summed E-state index contributed by atoms with van der Waals surface area (Å²) < 4.78 is 32.5. The summed E-state index contributed by atoms with van der Waals surface area (Å²) in [6.07, 6.45) is -1.24.